The van der Waals surface area contributed by atoms with Crippen LogP contribution < -0.4 is 5.32 Å². The molecule has 4 heteroatoms. The molecule has 1 aliphatic rings. The Morgan fingerprint density at radius 3 is 2.21 bits per heavy atom. The molecule has 0 aliphatic carbocycles. The molecule has 2 atom stereocenters. The van der Waals surface area contributed by atoms with Gasteiger partial charge in [0.05, 0.1) is 0 Å². The molecule has 1 fully saturated rings. The van der Waals surface area contributed by atoms with Crippen molar-refractivity contribution < 1.29 is 9.59 Å². The molecule has 1 heterocycles. The molecule has 2 unspecified atom stereocenters. The lowest BCUT2D eigenvalue weighted by atomic mass is 9.83. The zero-order valence-corrected chi connectivity index (χ0v) is 13.0. The van der Waals surface area contributed by atoms with Crippen LogP contribution in [0.15, 0.2) is 0 Å². The summed E-state index contributed by atoms with van der Waals surface area (Å²) in [6, 6.07) is -0.226. The Morgan fingerprint density at radius 2 is 1.79 bits per heavy atom. The van der Waals surface area contributed by atoms with E-state index in [1.54, 1.807) is 0 Å². The molecule has 0 bridgehead atoms. The molecular weight excluding hydrogens is 240 g/mol. The highest BCUT2D eigenvalue weighted by atomic mass is 16.2. The smallest absolute Gasteiger partial charge is 0.246 e. The summed E-state index contributed by atoms with van der Waals surface area (Å²) in [5, 5.41) is 2.91. The maximum atomic E-state index is 12.7. The first-order valence-corrected chi connectivity index (χ1v) is 7.62. The van der Waals surface area contributed by atoms with E-state index >= 15 is 0 Å². The van der Waals surface area contributed by atoms with Crippen molar-refractivity contribution in [2.45, 2.75) is 84.3 Å². The van der Waals surface area contributed by atoms with Crippen molar-refractivity contribution in [1.82, 2.24) is 10.2 Å². The molecule has 0 aromatic carbocycles. The lowest BCUT2D eigenvalue weighted by Crippen LogP contribution is -2.72. The van der Waals surface area contributed by atoms with Crippen LogP contribution in [0, 0.1) is 0 Å². The molecule has 4 nitrogen and oxygen atoms in total. The highest BCUT2D eigenvalue weighted by molar-refractivity contribution is 5.99. The molecule has 1 rings (SSSR count). The Morgan fingerprint density at radius 1 is 1.21 bits per heavy atom. The molecule has 0 spiro atoms. The number of piperazine rings is 1. The van der Waals surface area contributed by atoms with Gasteiger partial charge in [0.25, 0.3) is 0 Å². The van der Waals surface area contributed by atoms with Crippen molar-refractivity contribution in [3.05, 3.63) is 0 Å². The fourth-order valence-electron chi connectivity index (χ4n) is 3.22. The topological polar surface area (TPSA) is 49.4 Å². The molecule has 110 valence electrons. The maximum Gasteiger partial charge on any atom is 0.246 e. The quantitative estimate of drug-likeness (QED) is 0.804. The second kappa shape index (κ2) is 6.40. The van der Waals surface area contributed by atoms with E-state index in [9.17, 15) is 9.59 Å². The van der Waals surface area contributed by atoms with E-state index < -0.39 is 5.54 Å². The number of hydrogen-bond acceptors (Lipinski definition) is 2. The van der Waals surface area contributed by atoms with Crippen LogP contribution in [-0.4, -0.2) is 34.3 Å². The highest BCUT2D eigenvalue weighted by Crippen LogP contribution is 2.32. The van der Waals surface area contributed by atoms with Crippen LogP contribution in [0.5, 0.6) is 0 Å². The molecule has 0 aromatic heterocycles. The fourth-order valence-corrected chi connectivity index (χ4v) is 3.22. The van der Waals surface area contributed by atoms with Crippen molar-refractivity contribution in [3.63, 3.8) is 0 Å². The summed E-state index contributed by atoms with van der Waals surface area (Å²) < 4.78 is 0. The van der Waals surface area contributed by atoms with E-state index in [0.29, 0.717) is 19.3 Å². The first-order valence-electron chi connectivity index (χ1n) is 7.62. The first kappa shape index (κ1) is 16.0. The third kappa shape index (κ3) is 2.63. The summed E-state index contributed by atoms with van der Waals surface area (Å²) in [5.74, 6) is 0.110. The molecule has 1 aliphatic heterocycles. The minimum Gasteiger partial charge on any atom is -0.342 e. The predicted molar refractivity (Wildman–Crippen MR) is 76.8 cm³/mol. The van der Waals surface area contributed by atoms with Gasteiger partial charge in [-0.2, -0.15) is 0 Å². The van der Waals surface area contributed by atoms with E-state index in [0.717, 1.165) is 12.8 Å². The third-order valence-electron chi connectivity index (χ3n) is 4.45. The number of nitrogens with one attached hydrogen (secondary N) is 1. The molecule has 19 heavy (non-hydrogen) atoms. The monoisotopic (exact) mass is 268 g/mol. The Bertz CT molecular complexity index is 337. The van der Waals surface area contributed by atoms with E-state index in [1.807, 2.05) is 25.7 Å². The van der Waals surface area contributed by atoms with E-state index in [2.05, 4.69) is 19.2 Å². The van der Waals surface area contributed by atoms with Crippen LogP contribution in [0.3, 0.4) is 0 Å². The Labute approximate surface area is 116 Å². The van der Waals surface area contributed by atoms with Gasteiger partial charge in [-0.15, -0.1) is 0 Å². The van der Waals surface area contributed by atoms with Crippen LogP contribution in [0.1, 0.15) is 66.7 Å². The number of hydrogen-bond donors (Lipinski definition) is 1. The second-order valence-electron chi connectivity index (χ2n) is 5.52. The average Bonchev–Trinajstić information content (AvgIpc) is 2.40. The maximum absolute atomic E-state index is 12.7. The molecular formula is C15H28N2O2. The van der Waals surface area contributed by atoms with Gasteiger partial charge < -0.3 is 10.2 Å². The van der Waals surface area contributed by atoms with Gasteiger partial charge >= 0.3 is 0 Å². The normalized spacial score (nSPS) is 24.3. The summed E-state index contributed by atoms with van der Waals surface area (Å²) in [7, 11) is 0. The SMILES string of the molecule is CCCC(C)N1C(=O)C(CC)NC(=O)C1(CC)CC. The fraction of sp³-hybridized carbons (Fsp3) is 0.867. The number of carbonyl (C=O) groups is 2. The van der Waals surface area contributed by atoms with Crippen molar-refractivity contribution in [2.75, 3.05) is 0 Å². The van der Waals surface area contributed by atoms with E-state index in [4.69, 9.17) is 0 Å². The predicted octanol–water partition coefficient (Wildman–Crippen LogP) is 2.47. The molecule has 0 saturated carbocycles. The van der Waals surface area contributed by atoms with Crippen LogP contribution in [0.25, 0.3) is 0 Å². The standard InChI is InChI=1S/C15H28N2O2/c1-6-10-11(5)17-13(18)12(7-2)16-14(19)15(17,8-3)9-4/h11-12H,6-10H2,1-5H3,(H,16,19). The van der Waals surface area contributed by atoms with Crippen molar-refractivity contribution in [3.8, 4) is 0 Å². The van der Waals surface area contributed by atoms with Gasteiger partial charge in [-0.1, -0.05) is 34.1 Å². The van der Waals surface area contributed by atoms with Crippen molar-refractivity contribution in [2.24, 2.45) is 0 Å². The summed E-state index contributed by atoms with van der Waals surface area (Å²) in [6.07, 6.45) is 3.96. The zero-order chi connectivity index (χ0) is 14.6. The lowest BCUT2D eigenvalue weighted by Gasteiger charge is -2.50. The van der Waals surface area contributed by atoms with Gasteiger partial charge in [0.15, 0.2) is 0 Å². The molecule has 2 amide bonds. The summed E-state index contributed by atoms with van der Waals surface area (Å²) in [6.45, 7) is 10.1. The molecule has 0 radical (unpaired) electrons. The highest BCUT2D eigenvalue weighted by Gasteiger charge is 2.51. The summed E-state index contributed by atoms with van der Waals surface area (Å²) >= 11 is 0. The number of carbonyl (C=O) groups excluding carboxylic acids is 2. The minimum absolute atomic E-state index is 0.0203. The lowest BCUT2D eigenvalue weighted by molar-refractivity contribution is -0.161. The van der Waals surface area contributed by atoms with Crippen LogP contribution in [0.4, 0.5) is 0 Å². The van der Waals surface area contributed by atoms with Gasteiger partial charge in [-0.3, -0.25) is 9.59 Å². The van der Waals surface area contributed by atoms with Gasteiger partial charge in [0.2, 0.25) is 11.8 Å². The Hall–Kier alpha value is -1.06. The Kier molecular flexibility index (Phi) is 5.39. The van der Waals surface area contributed by atoms with Gasteiger partial charge in [-0.25, -0.2) is 0 Å². The Balaban J connectivity index is 3.18. The summed E-state index contributed by atoms with van der Waals surface area (Å²) in [5.41, 5.74) is -0.655. The summed E-state index contributed by atoms with van der Waals surface area (Å²) in [4.78, 5) is 27.0. The van der Waals surface area contributed by atoms with E-state index in [-0.39, 0.29) is 23.9 Å². The van der Waals surface area contributed by atoms with Gasteiger partial charge in [0, 0.05) is 6.04 Å². The molecule has 1 N–H and O–H groups in total. The van der Waals surface area contributed by atoms with Gasteiger partial charge in [-0.05, 0) is 32.6 Å². The number of rotatable bonds is 6. The van der Waals surface area contributed by atoms with Crippen LogP contribution in [0.2, 0.25) is 0 Å². The van der Waals surface area contributed by atoms with Crippen LogP contribution >= 0.6 is 0 Å². The minimum atomic E-state index is -0.655. The van der Waals surface area contributed by atoms with Gasteiger partial charge in [0.1, 0.15) is 11.6 Å². The number of nitrogens with zero attached hydrogens (tertiary/aromatic N) is 1. The van der Waals surface area contributed by atoms with Crippen molar-refractivity contribution >= 4 is 11.8 Å². The zero-order valence-electron chi connectivity index (χ0n) is 13.0. The molecule has 0 aromatic rings. The molecule has 1 saturated heterocycles. The van der Waals surface area contributed by atoms with E-state index in [1.165, 1.54) is 0 Å². The third-order valence-corrected chi connectivity index (χ3v) is 4.45. The first-order chi connectivity index (χ1) is 8.98. The van der Waals surface area contributed by atoms with Crippen molar-refractivity contribution in [1.29, 1.82) is 0 Å². The second-order valence-corrected chi connectivity index (χ2v) is 5.52. The number of amides is 2. The largest absolute Gasteiger partial charge is 0.342 e. The van der Waals surface area contributed by atoms with Crippen LogP contribution in [-0.2, 0) is 9.59 Å². The average molecular weight is 268 g/mol.